The lowest BCUT2D eigenvalue weighted by Crippen LogP contribution is -2.06. The monoisotopic (exact) mass is 426 g/mol. The number of alkyl halides is 1. The molecule has 0 saturated carbocycles. The average Bonchev–Trinajstić information content (AvgIpc) is 2.36. The molecule has 1 unspecified atom stereocenters. The van der Waals surface area contributed by atoms with Gasteiger partial charge in [-0.3, -0.25) is 0 Å². The molecule has 7 heteroatoms. The van der Waals surface area contributed by atoms with Gasteiger partial charge in [0.05, 0.1) is 11.9 Å². The van der Waals surface area contributed by atoms with E-state index in [2.05, 4.69) is 31.9 Å². The maximum absolute atomic E-state index is 14.0. The van der Waals surface area contributed by atoms with Crippen LogP contribution in [0.2, 0.25) is 0 Å². The van der Waals surface area contributed by atoms with Crippen molar-refractivity contribution in [3.8, 4) is 5.75 Å². The molecule has 0 aliphatic heterocycles. The molecular formula is C14H8Br2F4O. The number of halogens is 6. The largest absolute Gasteiger partial charge is 0.497 e. The highest BCUT2D eigenvalue weighted by atomic mass is 79.9. The van der Waals surface area contributed by atoms with Crippen LogP contribution in [0.15, 0.2) is 28.7 Å². The van der Waals surface area contributed by atoms with Crippen LogP contribution >= 0.6 is 31.9 Å². The van der Waals surface area contributed by atoms with Crippen molar-refractivity contribution >= 4 is 31.9 Å². The first-order chi connectivity index (χ1) is 9.85. The van der Waals surface area contributed by atoms with Crippen LogP contribution < -0.4 is 4.74 Å². The van der Waals surface area contributed by atoms with Gasteiger partial charge in [-0.1, -0.05) is 31.9 Å². The van der Waals surface area contributed by atoms with Crippen LogP contribution in [-0.4, -0.2) is 7.11 Å². The molecule has 2 aromatic rings. The first-order valence-corrected chi connectivity index (χ1v) is 7.37. The second-order valence-electron chi connectivity index (χ2n) is 4.15. The molecule has 0 heterocycles. The molecule has 2 rings (SSSR count). The van der Waals surface area contributed by atoms with Crippen molar-refractivity contribution in [1.29, 1.82) is 0 Å². The van der Waals surface area contributed by atoms with Gasteiger partial charge in [0.2, 0.25) is 0 Å². The smallest absolute Gasteiger partial charge is 0.134 e. The SMILES string of the molecule is COc1cc(F)c(C(Br)c2c(F)cc(Br)cc2F)c(F)c1. The highest BCUT2D eigenvalue weighted by Gasteiger charge is 2.26. The third kappa shape index (κ3) is 3.23. The third-order valence-corrected chi connectivity index (χ3v) is 4.21. The van der Waals surface area contributed by atoms with Gasteiger partial charge in [0, 0.05) is 27.7 Å². The maximum atomic E-state index is 14.0. The summed E-state index contributed by atoms with van der Waals surface area (Å²) in [4.78, 5) is -1.31. The van der Waals surface area contributed by atoms with E-state index in [0.29, 0.717) is 0 Å². The fourth-order valence-corrected chi connectivity index (χ4v) is 3.14. The summed E-state index contributed by atoms with van der Waals surface area (Å²) >= 11 is 5.89. The summed E-state index contributed by atoms with van der Waals surface area (Å²) in [5.41, 5.74) is -0.961. The Bertz CT molecular complexity index is 645. The van der Waals surface area contributed by atoms with E-state index in [1.165, 1.54) is 7.11 Å². The summed E-state index contributed by atoms with van der Waals surface area (Å²) in [6.07, 6.45) is 0. The molecule has 1 nitrogen and oxygen atoms in total. The molecule has 0 aliphatic carbocycles. The molecular weight excluding hydrogens is 420 g/mol. The maximum Gasteiger partial charge on any atom is 0.134 e. The second kappa shape index (κ2) is 6.36. The van der Waals surface area contributed by atoms with Crippen molar-refractivity contribution < 1.29 is 22.3 Å². The molecule has 0 N–H and O–H groups in total. The van der Waals surface area contributed by atoms with E-state index in [9.17, 15) is 17.6 Å². The Morgan fingerprint density at radius 2 is 1.24 bits per heavy atom. The first kappa shape index (κ1) is 16.3. The zero-order chi connectivity index (χ0) is 15.7. The Hall–Kier alpha value is -1.08. The Labute approximate surface area is 135 Å². The summed E-state index contributed by atoms with van der Waals surface area (Å²) in [6, 6.07) is 3.93. The van der Waals surface area contributed by atoms with Crippen molar-refractivity contribution in [3.05, 3.63) is 63.1 Å². The number of hydrogen-bond donors (Lipinski definition) is 0. The molecule has 0 bridgehead atoms. The fraction of sp³-hybridized carbons (Fsp3) is 0.143. The van der Waals surface area contributed by atoms with Gasteiger partial charge in [-0.2, -0.15) is 0 Å². The Morgan fingerprint density at radius 3 is 1.62 bits per heavy atom. The lowest BCUT2D eigenvalue weighted by molar-refractivity contribution is 0.405. The minimum absolute atomic E-state index is 0.0230. The van der Waals surface area contributed by atoms with E-state index in [1.807, 2.05) is 0 Å². The van der Waals surface area contributed by atoms with Gasteiger partial charge >= 0.3 is 0 Å². The van der Waals surface area contributed by atoms with Gasteiger partial charge in [0.1, 0.15) is 29.0 Å². The van der Waals surface area contributed by atoms with Crippen molar-refractivity contribution in [2.75, 3.05) is 7.11 Å². The highest BCUT2D eigenvalue weighted by Crippen LogP contribution is 2.39. The van der Waals surface area contributed by atoms with Gasteiger partial charge in [-0.15, -0.1) is 0 Å². The standard InChI is InChI=1S/C14H8Br2F4O/c1-21-7-4-10(19)13(11(20)5-7)14(16)12-8(17)2-6(15)3-9(12)18/h2-5,14H,1H3. The third-order valence-electron chi connectivity index (χ3n) is 2.84. The molecule has 0 aromatic heterocycles. The molecule has 0 amide bonds. The molecule has 0 fully saturated rings. The summed E-state index contributed by atoms with van der Waals surface area (Å²) in [7, 11) is 1.26. The normalized spacial score (nSPS) is 12.3. The van der Waals surface area contributed by atoms with Crippen LogP contribution in [0, 0.1) is 23.3 Å². The number of methoxy groups -OCH3 is 1. The Morgan fingerprint density at radius 1 is 0.857 bits per heavy atom. The number of hydrogen-bond acceptors (Lipinski definition) is 1. The summed E-state index contributed by atoms with van der Waals surface area (Å²) in [6.45, 7) is 0. The molecule has 0 radical (unpaired) electrons. The van der Waals surface area contributed by atoms with E-state index in [1.54, 1.807) is 0 Å². The topological polar surface area (TPSA) is 9.23 Å². The minimum atomic E-state index is -1.31. The lowest BCUT2D eigenvalue weighted by Gasteiger charge is -2.15. The molecule has 2 aromatic carbocycles. The Balaban J connectivity index is 2.58. The van der Waals surface area contributed by atoms with E-state index >= 15 is 0 Å². The van der Waals surface area contributed by atoms with E-state index in [4.69, 9.17) is 4.74 Å². The van der Waals surface area contributed by atoms with E-state index in [0.717, 1.165) is 24.3 Å². The van der Waals surface area contributed by atoms with Crippen LogP contribution in [0.5, 0.6) is 5.75 Å². The number of benzene rings is 2. The van der Waals surface area contributed by atoms with Gasteiger partial charge < -0.3 is 4.74 Å². The fourth-order valence-electron chi connectivity index (χ4n) is 1.86. The van der Waals surface area contributed by atoms with Gasteiger partial charge in [0.15, 0.2) is 0 Å². The molecule has 0 saturated heterocycles. The quantitative estimate of drug-likeness (QED) is 0.464. The average molecular weight is 428 g/mol. The van der Waals surface area contributed by atoms with Crippen molar-refractivity contribution in [1.82, 2.24) is 0 Å². The second-order valence-corrected chi connectivity index (χ2v) is 5.98. The molecule has 0 spiro atoms. The van der Waals surface area contributed by atoms with Crippen LogP contribution in [0.4, 0.5) is 17.6 Å². The molecule has 21 heavy (non-hydrogen) atoms. The Kier molecular flexibility index (Phi) is 4.93. The van der Waals surface area contributed by atoms with Gasteiger partial charge in [-0.25, -0.2) is 17.6 Å². The summed E-state index contributed by atoms with van der Waals surface area (Å²) in [5, 5.41) is 0. The molecule has 1 atom stereocenters. The summed E-state index contributed by atoms with van der Waals surface area (Å²) < 4.78 is 60.6. The number of rotatable bonds is 3. The zero-order valence-electron chi connectivity index (χ0n) is 10.6. The van der Waals surface area contributed by atoms with Crippen LogP contribution in [0.1, 0.15) is 16.0 Å². The van der Waals surface area contributed by atoms with E-state index < -0.39 is 39.2 Å². The lowest BCUT2D eigenvalue weighted by atomic mass is 10.0. The number of ether oxygens (including phenoxy) is 1. The van der Waals surface area contributed by atoms with Crippen molar-refractivity contribution in [2.45, 2.75) is 4.83 Å². The van der Waals surface area contributed by atoms with Gasteiger partial charge in [0.25, 0.3) is 0 Å². The van der Waals surface area contributed by atoms with Crippen LogP contribution in [0.3, 0.4) is 0 Å². The molecule has 0 aliphatic rings. The molecule has 112 valence electrons. The van der Waals surface area contributed by atoms with E-state index in [-0.39, 0.29) is 10.2 Å². The first-order valence-electron chi connectivity index (χ1n) is 5.66. The van der Waals surface area contributed by atoms with Crippen LogP contribution in [-0.2, 0) is 0 Å². The predicted octanol–water partition coefficient (Wildman–Crippen LogP) is 5.50. The van der Waals surface area contributed by atoms with Gasteiger partial charge in [-0.05, 0) is 12.1 Å². The summed E-state index contributed by atoms with van der Waals surface area (Å²) in [5.74, 6) is -3.78. The zero-order valence-corrected chi connectivity index (χ0v) is 13.7. The highest BCUT2D eigenvalue weighted by molar-refractivity contribution is 9.10. The predicted molar refractivity (Wildman–Crippen MR) is 77.7 cm³/mol. The van der Waals surface area contributed by atoms with Crippen molar-refractivity contribution in [2.24, 2.45) is 0 Å². The van der Waals surface area contributed by atoms with Crippen LogP contribution in [0.25, 0.3) is 0 Å². The minimum Gasteiger partial charge on any atom is -0.497 e. The van der Waals surface area contributed by atoms with Crippen molar-refractivity contribution in [3.63, 3.8) is 0 Å².